The molecule has 0 saturated heterocycles. The summed E-state index contributed by atoms with van der Waals surface area (Å²) in [5, 5.41) is 1.09. The highest BCUT2D eigenvalue weighted by molar-refractivity contribution is 5.98. The van der Waals surface area contributed by atoms with E-state index in [2.05, 4.69) is 4.98 Å². The minimum absolute atomic E-state index is 0.221. The van der Waals surface area contributed by atoms with Crippen LogP contribution >= 0.6 is 0 Å². The van der Waals surface area contributed by atoms with E-state index in [4.69, 9.17) is 11.5 Å². The lowest BCUT2D eigenvalue weighted by atomic mass is 9.92. The van der Waals surface area contributed by atoms with Gasteiger partial charge in [0.2, 0.25) is 5.91 Å². The molecule has 1 unspecified atom stereocenters. The minimum atomic E-state index is -0.387. The zero-order valence-corrected chi connectivity index (χ0v) is 11.5. The third-order valence-electron chi connectivity index (χ3n) is 3.51. The van der Waals surface area contributed by atoms with Crippen molar-refractivity contribution in [2.75, 3.05) is 0 Å². The Morgan fingerprint density at radius 2 is 2.11 bits per heavy atom. The number of hydrogen-bond acceptors (Lipinski definition) is 2. The predicted molar refractivity (Wildman–Crippen MR) is 78.2 cm³/mol. The molecule has 1 aliphatic carbocycles. The standard InChI is InChI=1S/C13H15N3O.C2H6/c14-8-2-4-12-10(6-8)9-5-7(13(15)17)1-3-11(9)16-12;1-2/h1,3,5,8,16H,2,4,6,14H2,(H2,15,17);1-2H3. The summed E-state index contributed by atoms with van der Waals surface area (Å²) in [6.07, 6.45) is 2.87. The third kappa shape index (κ3) is 2.49. The van der Waals surface area contributed by atoms with Crippen molar-refractivity contribution in [3.63, 3.8) is 0 Å². The number of nitrogens with two attached hydrogens (primary N) is 2. The normalized spacial score (nSPS) is 17.5. The van der Waals surface area contributed by atoms with E-state index in [1.165, 1.54) is 11.3 Å². The van der Waals surface area contributed by atoms with Crippen molar-refractivity contribution in [3.05, 3.63) is 35.0 Å². The van der Waals surface area contributed by atoms with Gasteiger partial charge in [0.15, 0.2) is 0 Å². The fourth-order valence-corrected chi connectivity index (χ4v) is 2.60. The lowest BCUT2D eigenvalue weighted by molar-refractivity contribution is 0.100. The Morgan fingerprint density at radius 1 is 1.37 bits per heavy atom. The number of carbonyl (C=O) groups is 1. The molecule has 0 saturated carbocycles. The Balaban J connectivity index is 0.000000637. The van der Waals surface area contributed by atoms with Crippen molar-refractivity contribution in [2.24, 2.45) is 11.5 Å². The molecule has 0 aliphatic heterocycles. The van der Waals surface area contributed by atoms with E-state index < -0.39 is 0 Å². The molecule has 1 amide bonds. The van der Waals surface area contributed by atoms with Crippen molar-refractivity contribution >= 4 is 16.8 Å². The molecular weight excluding hydrogens is 238 g/mol. The summed E-state index contributed by atoms with van der Waals surface area (Å²) in [5.74, 6) is -0.387. The van der Waals surface area contributed by atoms with E-state index in [0.717, 1.165) is 30.2 Å². The number of fused-ring (bicyclic) bond motifs is 3. The maximum Gasteiger partial charge on any atom is 0.248 e. The van der Waals surface area contributed by atoms with Crippen molar-refractivity contribution < 1.29 is 4.79 Å². The molecular formula is C15H21N3O. The molecule has 102 valence electrons. The summed E-state index contributed by atoms with van der Waals surface area (Å²) >= 11 is 0. The van der Waals surface area contributed by atoms with Gasteiger partial charge in [-0.3, -0.25) is 4.79 Å². The van der Waals surface area contributed by atoms with Gasteiger partial charge in [0, 0.05) is 28.2 Å². The zero-order chi connectivity index (χ0) is 14.0. The predicted octanol–water partition coefficient (Wildman–Crippen LogP) is 2.11. The highest BCUT2D eigenvalue weighted by atomic mass is 16.1. The quantitative estimate of drug-likeness (QED) is 0.732. The molecule has 1 aromatic heterocycles. The van der Waals surface area contributed by atoms with Crippen LogP contribution in [0.25, 0.3) is 10.9 Å². The smallest absolute Gasteiger partial charge is 0.248 e. The second-order valence-corrected chi connectivity index (χ2v) is 4.71. The summed E-state index contributed by atoms with van der Waals surface area (Å²) in [7, 11) is 0. The van der Waals surface area contributed by atoms with Gasteiger partial charge >= 0.3 is 0 Å². The molecule has 1 heterocycles. The average molecular weight is 259 g/mol. The van der Waals surface area contributed by atoms with Crippen LogP contribution < -0.4 is 11.5 Å². The summed E-state index contributed by atoms with van der Waals surface area (Å²) in [6, 6.07) is 5.76. The largest absolute Gasteiger partial charge is 0.366 e. The number of primary amides is 1. The van der Waals surface area contributed by atoms with Crippen LogP contribution in [0.15, 0.2) is 18.2 Å². The molecule has 0 spiro atoms. The first-order chi connectivity index (χ1) is 9.15. The van der Waals surface area contributed by atoms with Crippen LogP contribution in [-0.4, -0.2) is 16.9 Å². The van der Waals surface area contributed by atoms with Gasteiger partial charge in [-0.2, -0.15) is 0 Å². The monoisotopic (exact) mass is 259 g/mol. The number of aryl methyl sites for hydroxylation is 1. The van der Waals surface area contributed by atoms with Crippen LogP contribution in [0.1, 0.15) is 41.9 Å². The van der Waals surface area contributed by atoms with Crippen LogP contribution in [-0.2, 0) is 12.8 Å². The highest BCUT2D eigenvalue weighted by Crippen LogP contribution is 2.29. The van der Waals surface area contributed by atoms with Crippen LogP contribution in [0.3, 0.4) is 0 Å². The molecule has 19 heavy (non-hydrogen) atoms. The molecule has 1 atom stereocenters. The summed E-state index contributed by atoms with van der Waals surface area (Å²) < 4.78 is 0. The summed E-state index contributed by atoms with van der Waals surface area (Å²) in [6.45, 7) is 4.00. The van der Waals surface area contributed by atoms with Gasteiger partial charge in [0.1, 0.15) is 0 Å². The third-order valence-corrected chi connectivity index (χ3v) is 3.51. The molecule has 4 heteroatoms. The molecule has 0 radical (unpaired) electrons. The van der Waals surface area contributed by atoms with Crippen molar-refractivity contribution in [2.45, 2.75) is 39.2 Å². The van der Waals surface area contributed by atoms with Gasteiger partial charge in [-0.25, -0.2) is 0 Å². The fraction of sp³-hybridized carbons (Fsp3) is 0.400. The van der Waals surface area contributed by atoms with Crippen molar-refractivity contribution in [1.82, 2.24) is 4.98 Å². The van der Waals surface area contributed by atoms with E-state index in [9.17, 15) is 4.79 Å². The number of benzene rings is 1. The molecule has 4 nitrogen and oxygen atoms in total. The number of aromatic nitrogens is 1. The average Bonchev–Trinajstić information content (AvgIpc) is 2.78. The number of aromatic amines is 1. The topological polar surface area (TPSA) is 84.9 Å². The van der Waals surface area contributed by atoms with Gasteiger partial charge in [0.25, 0.3) is 0 Å². The van der Waals surface area contributed by atoms with E-state index >= 15 is 0 Å². The molecule has 1 aliphatic rings. The first kappa shape index (κ1) is 13.6. The minimum Gasteiger partial charge on any atom is -0.366 e. The second kappa shape index (κ2) is 5.45. The van der Waals surface area contributed by atoms with Gasteiger partial charge in [-0.1, -0.05) is 13.8 Å². The zero-order valence-electron chi connectivity index (χ0n) is 11.5. The van der Waals surface area contributed by atoms with E-state index in [0.29, 0.717) is 5.56 Å². The summed E-state index contributed by atoms with van der Waals surface area (Å²) in [4.78, 5) is 14.6. The van der Waals surface area contributed by atoms with Crippen LogP contribution in [0.2, 0.25) is 0 Å². The Bertz CT molecular complexity index is 601. The lowest BCUT2D eigenvalue weighted by Crippen LogP contribution is -2.27. The number of H-pyrrole nitrogens is 1. The highest BCUT2D eigenvalue weighted by Gasteiger charge is 2.20. The van der Waals surface area contributed by atoms with Gasteiger partial charge in [-0.15, -0.1) is 0 Å². The molecule has 5 N–H and O–H groups in total. The Kier molecular flexibility index (Phi) is 3.90. The van der Waals surface area contributed by atoms with E-state index in [1.807, 2.05) is 26.0 Å². The van der Waals surface area contributed by atoms with Crippen LogP contribution in [0.4, 0.5) is 0 Å². The Labute approximate surface area is 113 Å². The van der Waals surface area contributed by atoms with Gasteiger partial charge in [-0.05, 0) is 43.0 Å². The van der Waals surface area contributed by atoms with Crippen LogP contribution in [0, 0.1) is 0 Å². The van der Waals surface area contributed by atoms with Gasteiger partial charge in [0.05, 0.1) is 0 Å². The number of nitrogens with one attached hydrogen (secondary N) is 1. The number of hydrogen-bond donors (Lipinski definition) is 3. The van der Waals surface area contributed by atoms with E-state index in [1.54, 1.807) is 6.07 Å². The maximum atomic E-state index is 11.2. The second-order valence-electron chi connectivity index (χ2n) is 4.71. The Morgan fingerprint density at radius 3 is 2.79 bits per heavy atom. The molecule has 1 aromatic carbocycles. The first-order valence-corrected chi connectivity index (χ1v) is 6.84. The van der Waals surface area contributed by atoms with Crippen LogP contribution in [0.5, 0.6) is 0 Å². The van der Waals surface area contributed by atoms with Gasteiger partial charge < -0.3 is 16.5 Å². The molecule has 0 fully saturated rings. The number of carbonyl (C=O) groups excluding carboxylic acids is 1. The van der Waals surface area contributed by atoms with Crippen molar-refractivity contribution in [1.29, 1.82) is 0 Å². The fourth-order valence-electron chi connectivity index (χ4n) is 2.60. The lowest BCUT2D eigenvalue weighted by Gasteiger charge is -2.18. The van der Waals surface area contributed by atoms with Crippen molar-refractivity contribution in [3.8, 4) is 0 Å². The first-order valence-electron chi connectivity index (χ1n) is 6.84. The number of amides is 1. The molecule has 3 rings (SSSR count). The molecule has 2 aromatic rings. The molecule has 0 bridgehead atoms. The Hall–Kier alpha value is -1.81. The summed E-state index contributed by atoms with van der Waals surface area (Å²) in [5.41, 5.74) is 15.4. The SMILES string of the molecule is CC.NC(=O)c1ccc2[nH]c3c(c2c1)CC(N)CC3. The number of rotatable bonds is 1. The maximum absolute atomic E-state index is 11.2. The van der Waals surface area contributed by atoms with E-state index in [-0.39, 0.29) is 11.9 Å².